The van der Waals surface area contributed by atoms with Crippen molar-refractivity contribution in [3.63, 3.8) is 0 Å². The Labute approximate surface area is 180 Å². The van der Waals surface area contributed by atoms with Crippen LogP contribution in [-0.2, 0) is 4.79 Å². The maximum atomic E-state index is 13.1. The third-order valence-corrected chi connectivity index (χ3v) is 7.31. The van der Waals surface area contributed by atoms with E-state index in [2.05, 4.69) is 17.6 Å². The van der Waals surface area contributed by atoms with Crippen molar-refractivity contribution >= 4 is 28.9 Å². The zero-order chi connectivity index (χ0) is 20.3. The third-order valence-electron chi connectivity index (χ3n) is 7.11. The third kappa shape index (κ3) is 4.93. The average molecular weight is 415 g/mol. The number of nitrogens with one attached hydrogen (secondary N) is 2. The number of benzene rings is 1. The van der Waals surface area contributed by atoms with Gasteiger partial charge < -0.3 is 15.4 Å². The van der Waals surface area contributed by atoms with Crippen molar-refractivity contribution in [3.05, 3.63) is 24.3 Å². The summed E-state index contributed by atoms with van der Waals surface area (Å²) >= 11 is 5.46. The quantitative estimate of drug-likeness (QED) is 0.425. The van der Waals surface area contributed by atoms with Crippen molar-refractivity contribution in [1.82, 2.24) is 5.32 Å². The fourth-order valence-corrected chi connectivity index (χ4v) is 6.38. The van der Waals surface area contributed by atoms with Crippen LogP contribution in [0, 0.1) is 23.2 Å². The molecule has 4 bridgehead atoms. The van der Waals surface area contributed by atoms with E-state index >= 15 is 0 Å². The van der Waals surface area contributed by atoms with Gasteiger partial charge in [-0.05, 0) is 87.1 Å². The molecule has 0 spiro atoms. The molecule has 0 atom stereocenters. The van der Waals surface area contributed by atoms with Crippen LogP contribution in [-0.4, -0.2) is 17.6 Å². The number of amides is 1. The summed E-state index contributed by atoms with van der Waals surface area (Å²) in [6.45, 7) is 2.94. The van der Waals surface area contributed by atoms with Crippen LogP contribution < -0.4 is 15.4 Å². The summed E-state index contributed by atoms with van der Waals surface area (Å²) in [7, 11) is 0. The molecule has 1 aromatic rings. The number of rotatable bonds is 8. The molecule has 158 valence electrons. The molecule has 0 unspecified atom stereocenters. The molecule has 1 amide bonds. The zero-order valence-corrected chi connectivity index (χ0v) is 18.4. The van der Waals surface area contributed by atoms with Crippen LogP contribution in [0.15, 0.2) is 24.3 Å². The Kier molecular flexibility index (Phi) is 6.43. The number of anilines is 1. The highest BCUT2D eigenvalue weighted by atomic mass is 32.1. The molecular formula is C24H34N2O2S. The van der Waals surface area contributed by atoms with E-state index in [1.54, 1.807) is 0 Å². The first-order valence-corrected chi connectivity index (χ1v) is 11.8. The van der Waals surface area contributed by atoms with Gasteiger partial charge in [-0.25, -0.2) is 0 Å². The first-order chi connectivity index (χ1) is 14.1. The lowest BCUT2D eigenvalue weighted by molar-refractivity contribution is -0.144. The van der Waals surface area contributed by atoms with E-state index in [9.17, 15) is 4.79 Å². The predicted molar refractivity (Wildman–Crippen MR) is 121 cm³/mol. The number of carbonyl (C=O) groups is 1. The van der Waals surface area contributed by atoms with Gasteiger partial charge in [0.1, 0.15) is 5.75 Å². The fraction of sp³-hybridized carbons (Fsp3) is 0.667. The summed E-state index contributed by atoms with van der Waals surface area (Å²) in [6.07, 6.45) is 11.9. The molecule has 4 nitrogen and oxygen atoms in total. The van der Waals surface area contributed by atoms with Crippen LogP contribution in [0.4, 0.5) is 5.69 Å². The molecule has 4 fully saturated rings. The van der Waals surface area contributed by atoms with Gasteiger partial charge in [0.05, 0.1) is 12.0 Å². The summed E-state index contributed by atoms with van der Waals surface area (Å²) < 4.78 is 5.85. The number of unbranched alkanes of at least 4 members (excludes halogenated alkanes) is 3. The summed E-state index contributed by atoms with van der Waals surface area (Å²) in [5, 5.41) is 6.58. The Morgan fingerprint density at radius 3 is 2.45 bits per heavy atom. The molecule has 0 radical (unpaired) electrons. The summed E-state index contributed by atoms with van der Waals surface area (Å²) in [5.41, 5.74) is 0.677. The largest absolute Gasteiger partial charge is 0.494 e. The van der Waals surface area contributed by atoms with Crippen LogP contribution in [0.5, 0.6) is 5.75 Å². The van der Waals surface area contributed by atoms with Gasteiger partial charge in [0.25, 0.3) is 0 Å². The SMILES string of the molecule is CCCCCCOc1cccc(NC(=S)NC(=O)C23CC4CC(CC(C4)C2)C3)c1. The van der Waals surface area contributed by atoms with Crippen molar-refractivity contribution in [2.75, 3.05) is 11.9 Å². The zero-order valence-electron chi connectivity index (χ0n) is 17.5. The lowest BCUT2D eigenvalue weighted by Gasteiger charge is -2.55. The molecule has 29 heavy (non-hydrogen) atoms. The topological polar surface area (TPSA) is 50.4 Å². The van der Waals surface area contributed by atoms with E-state index in [4.69, 9.17) is 17.0 Å². The smallest absolute Gasteiger partial charge is 0.232 e. The first-order valence-electron chi connectivity index (χ1n) is 11.4. The highest BCUT2D eigenvalue weighted by Gasteiger charge is 2.54. The van der Waals surface area contributed by atoms with Crippen molar-refractivity contribution in [1.29, 1.82) is 0 Å². The predicted octanol–water partition coefficient (Wildman–Crippen LogP) is 5.68. The standard InChI is InChI=1S/C24H34N2O2S/c1-2-3-4-5-9-28-21-8-6-7-20(13-21)25-23(29)26-22(27)24-14-17-10-18(15-24)12-19(11-17)16-24/h6-8,13,17-19H,2-5,9-12,14-16H2,1H3,(H2,25,26,27,29). The Morgan fingerprint density at radius 2 is 1.79 bits per heavy atom. The van der Waals surface area contributed by atoms with Crippen molar-refractivity contribution < 1.29 is 9.53 Å². The van der Waals surface area contributed by atoms with Crippen molar-refractivity contribution in [2.45, 2.75) is 71.1 Å². The summed E-state index contributed by atoms with van der Waals surface area (Å²) in [5.74, 6) is 3.22. The fourth-order valence-electron chi connectivity index (χ4n) is 6.17. The number of hydrogen-bond donors (Lipinski definition) is 2. The highest BCUT2D eigenvalue weighted by molar-refractivity contribution is 7.80. The summed E-state index contributed by atoms with van der Waals surface area (Å²) in [6, 6.07) is 7.81. The Bertz CT molecular complexity index is 713. The molecular weight excluding hydrogens is 380 g/mol. The molecule has 0 saturated heterocycles. The molecule has 0 heterocycles. The van der Waals surface area contributed by atoms with Crippen LogP contribution in [0.3, 0.4) is 0 Å². The van der Waals surface area contributed by atoms with Crippen LogP contribution >= 0.6 is 12.2 Å². The van der Waals surface area contributed by atoms with Crippen LogP contribution in [0.1, 0.15) is 71.1 Å². The lowest BCUT2D eigenvalue weighted by Crippen LogP contribution is -2.55. The molecule has 5 heteroatoms. The second-order valence-corrected chi connectivity index (χ2v) is 9.95. The maximum Gasteiger partial charge on any atom is 0.232 e. The van der Waals surface area contributed by atoms with Gasteiger partial charge in [0.2, 0.25) is 5.91 Å². The van der Waals surface area contributed by atoms with E-state index in [-0.39, 0.29) is 11.3 Å². The van der Waals surface area contributed by atoms with E-state index in [1.165, 1.54) is 38.5 Å². The number of ether oxygens (including phenoxy) is 1. The van der Waals surface area contributed by atoms with E-state index in [0.717, 1.165) is 61.5 Å². The van der Waals surface area contributed by atoms with E-state index < -0.39 is 0 Å². The normalized spacial score (nSPS) is 29.5. The lowest BCUT2D eigenvalue weighted by atomic mass is 9.49. The molecule has 0 aliphatic heterocycles. The molecule has 1 aromatic carbocycles. The molecule has 5 rings (SSSR count). The molecule has 0 aromatic heterocycles. The Balaban J connectivity index is 1.28. The monoisotopic (exact) mass is 414 g/mol. The number of carbonyl (C=O) groups excluding carboxylic acids is 1. The van der Waals surface area contributed by atoms with Crippen LogP contribution in [0.2, 0.25) is 0 Å². The maximum absolute atomic E-state index is 13.1. The second kappa shape index (κ2) is 9.03. The minimum Gasteiger partial charge on any atom is -0.494 e. The second-order valence-electron chi connectivity index (χ2n) is 9.54. The van der Waals surface area contributed by atoms with Crippen LogP contribution in [0.25, 0.3) is 0 Å². The number of hydrogen-bond acceptors (Lipinski definition) is 3. The minimum absolute atomic E-state index is 0.137. The van der Waals surface area contributed by atoms with E-state index in [1.807, 2.05) is 24.3 Å². The van der Waals surface area contributed by atoms with Gasteiger partial charge in [0, 0.05) is 11.8 Å². The molecule has 4 saturated carbocycles. The van der Waals surface area contributed by atoms with Gasteiger partial charge >= 0.3 is 0 Å². The van der Waals surface area contributed by atoms with Crippen molar-refractivity contribution in [2.24, 2.45) is 23.2 Å². The summed E-state index contributed by atoms with van der Waals surface area (Å²) in [4.78, 5) is 13.1. The van der Waals surface area contributed by atoms with Gasteiger partial charge in [-0.1, -0.05) is 32.3 Å². The average Bonchev–Trinajstić information content (AvgIpc) is 2.67. The number of thiocarbonyl (C=S) groups is 1. The first kappa shape index (κ1) is 20.6. The highest BCUT2D eigenvalue weighted by Crippen LogP contribution is 2.60. The molecule has 4 aliphatic carbocycles. The van der Waals surface area contributed by atoms with Crippen molar-refractivity contribution in [3.8, 4) is 5.75 Å². The Morgan fingerprint density at radius 1 is 1.10 bits per heavy atom. The van der Waals surface area contributed by atoms with Gasteiger partial charge in [-0.2, -0.15) is 0 Å². The Hall–Kier alpha value is -1.62. The van der Waals surface area contributed by atoms with Gasteiger partial charge in [0.15, 0.2) is 5.11 Å². The molecule has 4 aliphatic rings. The minimum atomic E-state index is -0.177. The van der Waals surface area contributed by atoms with E-state index in [0.29, 0.717) is 5.11 Å². The van der Waals surface area contributed by atoms with Gasteiger partial charge in [-0.3, -0.25) is 4.79 Å². The molecule has 2 N–H and O–H groups in total. The van der Waals surface area contributed by atoms with Gasteiger partial charge in [-0.15, -0.1) is 0 Å².